The van der Waals surface area contributed by atoms with Crippen LogP contribution < -0.4 is 10.8 Å². The maximum absolute atomic E-state index is 12.6. The highest BCUT2D eigenvalue weighted by molar-refractivity contribution is 6.33. The molecule has 1 atom stereocenters. The molecule has 3 N–H and O–H groups in total. The number of hydrogen-bond acceptors (Lipinski definition) is 3. The molecule has 0 saturated heterocycles. The average molecular weight is 372 g/mol. The van der Waals surface area contributed by atoms with Crippen molar-refractivity contribution in [1.82, 2.24) is 15.8 Å². The molecule has 6 nitrogen and oxygen atoms in total. The first-order chi connectivity index (χ1) is 12.6. The van der Waals surface area contributed by atoms with Gasteiger partial charge in [0.15, 0.2) is 0 Å². The molecule has 0 bridgehead atoms. The molecule has 0 aliphatic carbocycles. The Morgan fingerprint density at radius 1 is 1.15 bits per heavy atom. The second-order valence-electron chi connectivity index (χ2n) is 5.74. The molecule has 0 aliphatic heterocycles. The number of para-hydroxylation sites is 1. The lowest BCUT2D eigenvalue weighted by Crippen LogP contribution is -2.47. The third kappa shape index (κ3) is 3.87. The molecule has 2 aromatic carbocycles. The number of amides is 2. The SMILES string of the molecule is CONC(=O)[C@@H](Cc1c[nH]c2ccccc12)NC(=O)c1ccccc1Cl. The summed E-state index contributed by atoms with van der Waals surface area (Å²) in [7, 11) is 1.34. The minimum absolute atomic E-state index is 0.301. The summed E-state index contributed by atoms with van der Waals surface area (Å²) in [6.45, 7) is 0. The lowest BCUT2D eigenvalue weighted by Gasteiger charge is -2.18. The summed E-state index contributed by atoms with van der Waals surface area (Å²) < 4.78 is 0. The maximum atomic E-state index is 12.6. The van der Waals surface area contributed by atoms with Crippen LogP contribution in [0.1, 0.15) is 15.9 Å². The normalized spacial score (nSPS) is 11.9. The minimum atomic E-state index is -0.821. The Morgan fingerprint density at radius 3 is 2.65 bits per heavy atom. The smallest absolute Gasteiger partial charge is 0.266 e. The number of benzene rings is 2. The summed E-state index contributed by atoms with van der Waals surface area (Å²) in [6, 6.07) is 13.6. The van der Waals surface area contributed by atoms with Crippen molar-refractivity contribution in [3.63, 3.8) is 0 Å². The van der Waals surface area contributed by atoms with Gasteiger partial charge in [-0.25, -0.2) is 5.48 Å². The quantitative estimate of drug-likeness (QED) is 0.583. The van der Waals surface area contributed by atoms with Gasteiger partial charge in [0, 0.05) is 23.5 Å². The van der Waals surface area contributed by atoms with Crippen LogP contribution in [-0.4, -0.2) is 29.9 Å². The van der Waals surface area contributed by atoms with Crippen molar-refractivity contribution in [2.45, 2.75) is 12.5 Å². The van der Waals surface area contributed by atoms with Crippen LogP contribution in [0.4, 0.5) is 0 Å². The number of fused-ring (bicyclic) bond motifs is 1. The number of carbonyl (C=O) groups excluding carboxylic acids is 2. The molecule has 7 heteroatoms. The van der Waals surface area contributed by atoms with Crippen LogP contribution in [0, 0.1) is 0 Å². The Morgan fingerprint density at radius 2 is 1.88 bits per heavy atom. The molecule has 0 aliphatic rings. The van der Waals surface area contributed by atoms with E-state index in [0.717, 1.165) is 16.5 Å². The molecular formula is C19H18ClN3O3. The van der Waals surface area contributed by atoms with Crippen molar-refractivity contribution >= 4 is 34.3 Å². The fourth-order valence-electron chi connectivity index (χ4n) is 2.78. The summed E-state index contributed by atoms with van der Waals surface area (Å²) >= 11 is 6.07. The van der Waals surface area contributed by atoms with Crippen molar-refractivity contribution in [2.24, 2.45) is 0 Å². The van der Waals surface area contributed by atoms with E-state index in [1.807, 2.05) is 30.5 Å². The molecule has 0 unspecified atom stereocenters. The zero-order chi connectivity index (χ0) is 18.5. The second-order valence-corrected chi connectivity index (χ2v) is 6.15. The van der Waals surface area contributed by atoms with E-state index in [1.54, 1.807) is 24.3 Å². The van der Waals surface area contributed by atoms with Gasteiger partial charge in [-0.05, 0) is 23.8 Å². The van der Waals surface area contributed by atoms with Gasteiger partial charge >= 0.3 is 0 Å². The number of aromatic nitrogens is 1. The van der Waals surface area contributed by atoms with Crippen LogP contribution in [0.15, 0.2) is 54.7 Å². The van der Waals surface area contributed by atoms with E-state index >= 15 is 0 Å². The number of carbonyl (C=O) groups is 2. The van der Waals surface area contributed by atoms with Crippen LogP contribution in [0.2, 0.25) is 5.02 Å². The maximum Gasteiger partial charge on any atom is 0.266 e. The third-order valence-corrected chi connectivity index (χ3v) is 4.37. The van der Waals surface area contributed by atoms with Gasteiger partial charge in [-0.2, -0.15) is 0 Å². The van der Waals surface area contributed by atoms with Crippen molar-refractivity contribution in [3.8, 4) is 0 Å². The number of rotatable bonds is 6. The Bertz CT molecular complexity index is 938. The molecular weight excluding hydrogens is 354 g/mol. The summed E-state index contributed by atoms with van der Waals surface area (Å²) in [5, 5.41) is 4.05. The first kappa shape index (κ1) is 18.0. The second kappa shape index (κ2) is 8.03. The van der Waals surface area contributed by atoms with Gasteiger partial charge in [0.1, 0.15) is 6.04 Å². The van der Waals surface area contributed by atoms with E-state index in [0.29, 0.717) is 17.0 Å². The Hall–Kier alpha value is -2.83. The van der Waals surface area contributed by atoms with E-state index < -0.39 is 17.9 Å². The highest BCUT2D eigenvalue weighted by atomic mass is 35.5. The van der Waals surface area contributed by atoms with Gasteiger partial charge in [-0.1, -0.05) is 41.9 Å². The fraction of sp³-hybridized carbons (Fsp3) is 0.158. The average Bonchev–Trinajstić information content (AvgIpc) is 3.05. The van der Waals surface area contributed by atoms with Crippen LogP contribution in [-0.2, 0) is 16.1 Å². The molecule has 0 fully saturated rings. The van der Waals surface area contributed by atoms with Gasteiger partial charge in [0.2, 0.25) is 0 Å². The first-order valence-electron chi connectivity index (χ1n) is 8.03. The molecule has 1 aromatic heterocycles. The Labute approximate surface area is 155 Å². The number of hydroxylamine groups is 1. The third-order valence-electron chi connectivity index (χ3n) is 4.04. The van der Waals surface area contributed by atoms with Crippen molar-refractivity contribution in [1.29, 1.82) is 0 Å². The Balaban J connectivity index is 1.84. The van der Waals surface area contributed by atoms with Crippen molar-refractivity contribution in [2.75, 3.05) is 7.11 Å². The molecule has 2 amide bonds. The molecule has 1 heterocycles. The molecule has 26 heavy (non-hydrogen) atoms. The molecule has 0 radical (unpaired) electrons. The number of aromatic amines is 1. The van der Waals surface area contributed by atoms with Crippen molar-refractivity contribution in [3.05, 3.63) is 70.9 Å². The molecule has 134 valence electrons. The molecule has 3 rings (SSSR count). The predicted molar refractivity (Wildman–Crippen MR) is 99.9 cm³/mol. The zero-order valence-electron chi connectivity index (χ0n) is 14.1. The lowest BCUT2D eigenvalue weighted by molar-refractivity contribution is -0.133. The van der Waals surface area contributed by atoms with E-state index in [9.17, 15) is 9.59 Å². The Kier molecular flexibility index (Phi) is 5.55. The van der Waals surface area contributed by atoms with Crippen LogP contribution in [0.5, 0.6) is 0 Å². The van der Waals surface area contributed by atoms with Crippen molar-refractivity contribution < 1.29 is 14.4 Å². The van der Waals surface area contributed by atoms with Crippen LogP contribution in [0.25, 0.3) is 10.9 Å². The molecule has 3 aromatic rings. The summed E-state index contributed by atoms with van der Waals surface area (Å²) in [4.78, 5) is 32.8. The van der Waals surface area contributed by atoms with Gasteiger partial charge in [0.25, 0.3) is 11.8 Å². The topological polar surface area (TPSA) is 83.2 Å². The molecule has 0 spiro atoms. The standard InChI is InChI=1S/C19H18ClN3O3/c1-26-23-19(25)17(22-18(24)14-7-2-4-8-15(14)20)10-12-11-21-16-9-5-3-6-13(12)16/h2-9,11,17,21H,10H2,1H3,(H,22,24)(H,23,25)/t17-/m1/s1. The number of nitrogens with one attached hydrogen (secondary N) is 3. The van der Waals surface area contributed by atoms with Gasteiger partial charge in [-0.3, -0.25) is 14.4 Å². The van der Waals surface area contributed by atoms with Gasteiger partial charge in [0.05, 0.1) is 17.7 Å². The summed E-state index contributed by atoms with van der Waals surface area (Å²) in [6.07, 6.45) is 2.13. The van der Waals surface area contributed by atoms with E-state index in [-0.39, 0.29) is 0 Å². The van der Waals surface area contributed by atoms with Gasteiger partial charge in [-0.15, -0.1) is 0 Å². The van der Waals surface area contributed by atoms with Crippen LogP contribution >= 0.6 is 11.6 Å². The zero-order valence-corrected chi connectivity index (χ0v) is 14.8. The highest BCUT2D eigenvalue weighted by Crippen LogP contribution is 2.20. The van der Waals surface area contributed by atoms with E-state index in [4.69, 9.17) is 16.4 Å². The van der Waals surface area contributed by atoms with E-state index in [2.05, 4.69) is 15.8 Å². The number of H-pyrrole nitrogens is 1. The van der Waals surface area contributed by atoms with E-state index in [1.165, 1.54) is 7.11 Å². The molecule has 0 saturated carbocycles. The van der Waals surface area contributed by atoms with Crippen LogP contribution in [0.3, 0.4) is 0 Å². The fourth-order valence-corrected chi connectivity index (χ4v) is 3.00. The summed E-state index contributed by atoms with van der Waals surface area (Å²) in [5.74, 6) is -0.870. The summed E-state index contributed by atoms with van der Waals surface area (Å²) in [5.41, 5.74) is 4.47. The predicted octanol–water partition coefficient (Wildman–Crippen LogP) is 2.84. The first-order valence-corrected chi connectivity index (χ1v) is 8.41. The largest absolute Gasteiger partial charge is 0.361 e. The number of halogens is 1. The monoisotopic (exact) mass is 371 g/mol. The minimum Gasteiger partial charge on any atom is -0.361 e. The van der Waals surface area contributed by atoms with Gasteiger partial charge < -0.3 is 10.3 Å². The highest BCUT2D eigenvalue weighted by Gasteiger charge is 2.24. The lowest BCUT2D eigenvalue weighted by atomic mass is 10.0. The number of hydrogen-bond donors (Lipinski definition) is 3.